The number of hydrogen-bond acceptors (Lipinski definition) is 3. The molecular formula is C16H17N3O. The van der Waals surface area contributed by atoms with Gasteiger partial charge < -0.3 is 11.1 Å². The number of anilines is 1. The molecule has 4 nitrogen and oxygen atoms in total. The maximum atomic E-state index is 11.6. The predicted molar refractivity (Wildman–Crippen MR) is 80.8 cm³/mol. The fraction of sp³-hybridized carbons (Fsp3) is 0.125. The van der Waals surface area contributed by atoms with Crippen LogP contribution in [0.3, 0.4) is 0 Å². The third kappa shape index (κ3) is 4.57. The van der Waals surface area contributed by atoms with Gasteiger partial charge in [0, 0.05) is 30.7 Å². The summed E-state index contributed by atoms with van der Waals surface area (Å²) in [5.74, 6) is -0.110. The Kier molecular flexibility index (Phi) is 4.89. The van der Waals surface area contributed by atoms with E-state index in [1.807, 2.05) is 36.4 Å². The van der Waals surface area contributed by atoms with Crippen LogP contribution in [0.1, 0.15) is 11.1 Å². The Morgan fingerprint density at radius 3 is 2.80 bits per heavy atom. The van der Waals surface area contributed by atoms with E-state index in [-0.39, 0.29) is 5.91 Å². The standard InChI is InChI=1S/C16H17N3O/c17-15-3-1-2-14(12-15)4-5-16(20)19-11-8-13-6-9-18-10-7-13/h1-7,9-10,12H,8,11,17H2,(H,19,20)/b5-4+. The molecule has 0 aliphatic heterocycles. The van der Waals surface area contributed by atoms with Crippen LogP contribution < -0.4 is 11.1 Å². The van der Waals surface area contributed by atoms with E-state index in [4.69, 9.17) is 5.73 Å². The van der Waals surface area contributed by atoms with Gasteiger partial charge in [0.2, 0.25) is 5.91 Å². The summed E-state index contributed by atoms with van der Waals surface area (Å²) in [6.07, 6.45) is 7.55. The van der Waals surface area contributed by atoms with Crippen molar-refractivity contribution in [3.8, 4) is 0 Å². The van der Waals surface area contributed by atoms with Crippen molar-refractivity contribution in [2.45, 2.75) is 6.42 Å². The zero-order valence-electron chi connectivity index (χ0n) is 11.1. The van der Waals surface area contributed by atoms with Crippen molar-refractivity contribution in [3.05, 3.63) is 66.0 Å². The Morgan fingerprint density at radius 1 is 1.25 bits per heavy atom. The summed E-state index contributed by atoms with van der Waals surface area (Å²) in [6, 6.07) is 11.3. The smallest absolute Gasteiger partial charge is 0.244 e. The maximum Gasteiger partial charge on any atom is 0.244 e. The third-order valence-corrected chi connectivity index (χ3v) is 2.80. The molecular weight excluding hydrogens is 250 g/mol. The Labute approximate surface area is 118 Å². The van der Waals surface area contributed by atoms with Gasteiger partial charge in [0.25, 0.3) is 0 Å². The summed E-state index contributed by atoms with van der Waals surface area (Å²) >= 11 is 0. The molecule has 0 aliphatic rings. The van der Waals surface area contributed by atoms with Gasteiger partial charge in [-0.1, -0.05) is 12.1 Å². The zero-order valence-corrected chi connectivity index (χ0v) is 11.1. The molecule has 0 bridgehead atoms. The van der Waals surface area contributed by atoms with Crippen molar-refractivity contribution in [3.63, 3.8) is 0 Å². The normalized spacial score (nSPS) is 10.6. The molecule has 0 unspecified atom stereocenters. The molecule has 0 fully saturated rings. The van der Waals surface area contributed by atoms with Gasteiger partial charge in [-0.3, -0.25) is 9.78 Å². The molecule has 1 aromatic carbocycles. The van der Waals surface area contributed by atoms with Crippen molar-refractivity contribution < 1.29 is 4.79 Å². The molecule has 0 saturated carbocycles. The predicted octanol–water partition coefficient (Wildman–Crippen LogP) is 2.04. The number of amides is 1. The van der Waals surface area contributed by atoms with Crippen molar-refractivity contribution in [2.75, 3.05) is 12.3 Å². The number of carbonyl (C=O) groups is 1. The van der Waals surface area contributed by atoms with E-state index in [1.165, 1.54) is 6.08 Å². The fourth-order valence-corrected chi connectivity index (χ4v) is 1.77. The second-order valence-corrected chi connectivity index (χ2v) is 4.40. The Hall–Kier alpha value is -2.62. The Bertz CT molecular complexity index is 594. The number of hydrogen-bond donors (Lipinski definition) is 2. The van der Waals surface area contributed by atoms with Crippen LogP contribution in [0.5, 0.6) is 0 Å². The van der Waals surface area contributed by atoms with Crippen LogP contribution in [0.2, 0.25) is 0 Å². The van der Waals surface area contributed by atoms with Crippen LogP contribution in [0.25, 0.3) is 6.08 Å². The maximum absolute atomic E-state index is 11.6. The lowest BCUT2D eigenvalue weighted by Crippen LogP contribution is -2.23. The third-order valence-electron chi connectivity index (χ3n) is 2.80. The molecule has 3 N–H and O–H groups in total. The number of aromatic nitrogens is 1. The lowest BCUT2D eigenvalue weighted by Gasteiger charge is -2.02. The first kappa shape index (κ1) is 13.8. The number of carbonyl (C=O) groups excluding carboxylic acids is 1. The molecule has 0 radical (unpaired) electrons. The van der Waals surface area contributed by atoms with E-state index < -0.39 is 0 Å². The van der Waals surface area contributed by atoms with Crippen LogP contribution in [-0.4, -0.2) is 17.4 Å². The van der Waals surface area contributed by atoms with Gasteiger partial charge in [0.05, 0.1) is 0 Å². The molecule has 0 spiro atoms. The van der Waals surface area contributed by atoms with E-state index in [9.17, 15) is 4.79 Å². The van der Waals surface area contributed by atoms with Gasteiger partial charge in [-0.25, -0.2) is 0 Å². The van der Waals surface area contributed by atoms with Crippen LogP contribution in [-0.2, 0) is 11.2 Å². The van der Waals surface area contributed by atoms with Gasteiger partial charge in [-0.05, 0) is 47.9 Å². The molecule has 102 valence electrons. The highest BCUT2D eigenvalue weighted by molar-refractivity contribution is 5.91. The summed E-state index contributed by atoms with van der Waals surface area (Å²) in [6.45, 7) is 0.601. The lowest BCUT2D eigenvalue weighted by molar-refractivity contribution is -0.116. The summed E-state index contributed by atoms with van der Waals surface area (Å²) < 4.78 is 0. The van der Waals surface area contributed by atoms with E-state index in [0.717, 1.165) is 17.5 Å². The minimum Gasteiger partial charge on any atom is -0.399 e. The molecule has 4 heteroatoms. The number of nitrogens with zero attached hydrogens (tertiary/aromatic N) is 1. The number of nitrogens with two attached hydrogens (primary N) is 1. The zero-order chi connectivity index (χ0) is 14.2. The minimum absolute atomic E-state index is 0.110. The monoisotopic (exact) mass is 267 g/mol. The fourth-order valence-electron chi connectivity index (χ4n) is 1.77. The first-order valence-electron chi connectivity index (χ1n) is 6.44. The lowest BCUT2D eigenvalue weighted by atomic mass is 10.2. The molecule has 1 amide bonds. The molecule has 0 saturated heterocycles. The van der Waals surface area contributed by atoms with Crippen LogP contribution in [0, 0.1) is 0 Å². The first-order valence-corrected chi connectivity index (χ1v) is 6.44. The van der Waals surface area contributed by atoms with Crippen LogP contribution in [0.15, 0.2) is 54.9 Å². The van der Waals surface area contributed by atoms with Crippen molar-refractivity contribution in [1.29, 1.82) is 0 Å². The summed E-state index contributed by atoms with van der Waals surface area (Å²) in [5.41, 5.74) is 8.42. The van der Waals surface area contributed by atoms with E-state index >= 15 is 0 Å². The number of pyridine rings is 1. The number of nitrogen functional groups attached to an aromatic ring is 1. The molecule has 0 atom stereocenters. The van der Waals surface area contributed by atoms with E-state index in [1.54, 1.807) is 18.5 Å². The van der Waals surface area contributed by atoms with Crippen molar-refractivity contribution in [2.24, 2.45) is 0 Å². The SMILES string of the molecule is Nc1cccc(/C=C/C(=O)NCCc2ccncc2)c1. The van der Waals surface area contributed by atoms with Crippen molar-refractivity contribution in [1.82, 2.24) is 10.3 Å². The van der Waals surface area contributed by atoms with Gasteiger partial charge >= 0.3 is 0 Å². The number of benzene rings is 1. The average Bonchev–Trinajstić information content (AvgIpc) is 2.46. The second-order valence-electron chi connectivity index (χ2n) is 4.40. The molecule has 2 rings (SSSR count). The summed E-state index contributed by atoms with van der Waals surface area (Å²) in [5, 5.41) is 2.84. The summed E-state index contributed by atoms with van der Waals surface area (Å²) in [7, 11) is 0. The van der Waals surface area contributed by atoms with Gasteiger partial charge in [-0.2, -0.15) is 0 Å². The molecule has 1 heterocycles. The highest BCUT2D eigenvalue weighted by Crippen LogP contribution is 2.07. The van der Waals surface area contributed by atoms with Gasteiger partial charge in [0.15, 0.2) is 0 Å². The first-order chi connectivity index (χ1) is 9.74. The minimum atomic E-state index is -0.110. The van der Waals surface area contributed by atoms with E-state index in [0.29, 0.717) is 12.2 Å². The second kappa shape index (κ2) is 7.09. The van der Waals surface area contributed by atoms with Crippen molar-refractivity contribution >= 4 is 17.7 Å². The molecule has 1 aromatic heterocycles. The van der Waals surface area contributed by atoms with Crippen LogP contribution in [0.4, 0.5) is 5.69 Å². The van der Waals surface area contributed by atoms with E-state index in [2.05, 4.69) is 10.3 Å². The van der Waals surface area contributed by atoms with Gasteiger partial charge in [-0.15, -0.1) is 0 Å². The number of rotatable bonds is 5. The van der Waals surface area contributed by atoms with Gasteiger partial charge in [0.1, 0.15) is 0 Å². The topological polar surface area (TPSA) is 68.0 Å². The molecule has 2 aromatic rings. The summed E-state index contributed by atoms with van der Waals surface area (Å²) in [4.78, 5) is 15.6. The Morgan fingerprint density at radius 2 is 2.05 bits per heavy atom. The molecule has 20 heavy (non-hydrogen) atoms. The molecule has 0 aliphatic carbocycles. The highest BCUT2D eigenvalue weighted by Gasteiger charge is 1.96. The van der Waals surface area contributed by atoms with Crippen LogP contribution >= 0.6 is 0 Å². The highest BCUT2D eigenvalue weighted by atomic mass is 16.1. The Balaban J connectivity index is 1.78. The largest absolute Gasteiger partial charge is 0.399 e. The average molecular weight is 267 g/mol. The quantitative estimate of drug-likeness (QED) is 0.643. The number of nitrogens with one attached hydrogen (secondary N) is 1.